The lowest BCUT2D eigenvalue weighted by molar-refractivity contribution is -0.858. The molecule has 1 heterocycles. The summed E-state index contributed by atoms with van der Waals surface area (Å²) < 4.78 is 5.80. The molecule has 0 radical (unpaired) electrons. The number of carbonyl (C=O) groups is 1. The Morgan fingerprint density at radius 2 is 1.67 bits per heavy atom. The Kier molecular flexibility index (Phi) is 6.26. The predicted molar refractivity (Wildman–Crippen MR) is 123 cm³/mol. The van der Waals surface area contributed by atoms with Crippen molar-refractivity contribution in [3.63, 3.8) is 0 Å². The number of ether oxygens (including phenoxy) is 1. The Morgan fingerprint density at radius 3 is 2.37 bits per heavy atom. The third kappa shape index (κ3) is 4.45. The van der Waals surface area contributed by atoms with Gasteiger partial charge < -0.3 is 9.64 Å². The summed E-state index contributed by atoms with van der Waals surface area (Å²) in [6.07, 6.45) is 0. The van der Waals surface area contributed by atoms with Crippen molar-refractivity contribution in [3.05, 3.63) is 95.1 Å². The van der Waals surface area contributed by atoms with E-state index in [1.54, 1.807) is 11.8 Å². The lowest BCUT2D eigenvalue weighted by Crippen LogP contribution is -3.06. The molecule has 3 aromatic carbocycles. The van der Waals surface area contributed by atoms with E-state index in [2.05, 4.69) is 57.4 Å². The van der Waals surface area contributed by atoms with Gasteiger partial charge in [0.05, 0.1) is 20.0 Å². The number of hydrogen-bond donors (Lipinski definition) is 1. The summed E-state index contributed by atoms with van der Waals surface area (Å²) in [5, 5.41) is 0.0921. The van der Waals surface area contributed by atoms with Crippen LogP contribution in [0.1, 0.15) is 38.2 Å². The first-order valence-electron chi connectivity index (χ1n) is 10.4. The number of thioether (sulfide) groups is 1. The molecule has 3 aromatic rings. The van der Waals surface area contributed by atoms with E-state index < -0.39 is 0 Å². The van der Waals surface area contributed by atoms with Crippen LogP contribution in [0.25, 0.3) is 0 Å². The summed E-state index contributed by atoms with van der Waals surface area (Å²) in [4.78, 5) is 16.2. The highest BCUT2D eigenvalue weighted by Gasteiger charge is 2.39. The van der Waals surface area contributed by atoms with E-state index in [1.165, 1.54) is 20.9 Å². The van der Waals surface area contributed by atoms with Gasteiger partial charge in [0.2, 0.25) is 0 Å². The molecule has 2 atom stereocenters. The average molecular weight is 419 g/mol. The van der Waals surface area contributed by atoms with Crippen molar-refractivity contribution >= 4 is 17.5 Å². The molecule has 0 bridgehead atoms. The fourth-order valence-corrected chi connectivity index (χ4v) is 5.24. The Bertz CT molecular complexity index is 1010. The normalized spacial score (nSPS) is 17.7. The zero-order chi connectivity index (χ0) is 21.1. The van der Waals surface area contributed by atoms with Crippen LogP contribution < -0.4 is 9.64 Å². The summed E-state index contributed by atoms with van der Waals surface area (Å²) >= 11 is 1.80. The summed E-state index contributed by atoms with van der Waals surface area (Å²) in [5.41, 5.74) is 4.30. The molecular weight excluding hydrogens is 390 g/mol. The minimum atomic E-state index is -0.182. The minimum absolute atomic E-state index is 0.0921. The van der Waals surface area contributed by atoms with Crippen LogP contribution in [0.3, 0.4) is 0 Å². The average Bonchev–Trinajstić information content (AvgIpc) is 3.13. The molecule has 0 fully saturated rings. The van der Waals surface area contributed by atoms with Gasteiger partial charge in [0, 0.05) is 15.7 Å². The third-order valence-electron chi connectivity index (χ3n) is 5.51. The van der Waals surface area contributed by atoms with Crippen molar-refractivity contribution in [1.29, 1.82) is 0 Å². The maximum absolute atomic E-state index is 13.6. The second kappa shape index (κ2) is 9.07. The molecule has 0 saturated carbocycles. The molecule has 30 heavy (non-hydrogen) atoms. The highest BCUT2D eigenvalue weighted by atomic mass is 32.2. The van der Waals surface area contributed by atoms with Gasteiger partial charge in [0.1, 0.15) is 18.9 Å². The van der Waals surface area contributed by atoms with Gasteiger partial charge in [-0.1, -0.05) is 48.0 Å². The highest BCUT2D eigenvalue weighted by Crippen LogP contribution is 2.55. The monoisotopic (exact) mass is 418 g/mol. The molecular formula is C26H28NO2S+. The topological polar surface area (TPSA) is 30.7 Å². The molecule has 0 saturated heterocycles. The first-order valence-corrected chi connectivity index (χ1v) is 11.3. The standard InChI is InChI=1S/C26H27NO2S/c1-18-8-10-20(11-9-18)26-24(22-6-4-5-7-23(22)30-26)25(28)19-12-14-21(15-13-19)29-17-16-27(2)3/h4-15,24,26H,16-17H2,1-3H3/p+1. The molecule has 4 rings (SSSR count). The maximum atomic E-state index is 13.6. The Morgan fingerprint density at radius 1 is 0.967 bits per heavy atom. The van der Waals surface area contributed by atoms with Gasteiger partial charge in [-0.15, -0.1) is 11.8 Å². The van der Waals surface area contributed by atoms with Gasteiger partial charge in [-0.2, -0.15) is 0 Å². The quantitative estimate of drug-likeness (QED) is 0.580. The van der Waals surface area contributed by atoms with E-state index in [4.69, 9.17) is 4.74 Å². The first kappa shape index (κ1) is 20.7. The zero-order valence-electron chi connectivity index (χ0n) is 17.7. The molecule has 0 amide bonds. The van der Waals surface area contributed by atoms with Crippen molar-refractivity contribution in [3.8, 4) is 5.75 Å². The third-order valence-corrected chi connectivity index (χ3v) is 6.93. The van der Waals surface area contributed by atoms with Gasteiger partial charge in [-0.3, -0.25) is 4.79 Å². The second-order valence-electron chi connectivity index (χ2n) is 8.16. The van der Waals surface area contributed by atoms with Crippen molar-refractivity contribution in [2.24, 2.45) is 0 Å². The van der Waals surface area contributed by atoms with E-state index in [9.17, 15) is 4.79 Å². The number of hydrogen-bond acceptors (Lipinski definition) is 3. The number of likely N-dealkylation sites (N-methyl/N-ethyl adjacent to an activating group) is 1. The van der Waals surface area contributed by atoms with E-state index in [-0.39, 0.29) is 17.0 Å². The number of carbonyl (C=O) groups excluding carboxylic acids is 1. The van der Waals surface area contributed by atoms with Crippen molar-refractivity contribution in [2.45, 2.75) is 23.0 Å². The fraction of sp³-hybridized carbons (Fsp3) is 0.269. The van der Waals surface area contributed by atoms with E-state index in [0.717, 1.165) is 23.4 Å². The summed E-state index contributed by atoms with van der Waals surface area (Å²) in [6, 6.07) is 24.5. The minimum Gasteiger partial charge on any atom is -0.488 e. The predicted octanol–water partition coefficient (Wildman–Crippen LogP) is 4.33. The molecule has 154 valence electrons. The fourth-order valence-electron chi connectivity index (χ4n) is 3.78. The summed E-state index contributed by atoms with van der Waals surface area (Å²) in [6.45, 7) is 3.69. The van der Waals surface area contributed by atoms with Crippen LogP contribution in [0.2, 0.25) is 0 Å². The van der Waals surface area contributed by atoms with Gasteiger partial charge in [-0.25, -0.2) is 0 Å². The number of rotatable bonds is 7. The molecule has 3 nitrogen and oxygen atoms in total. The highest BCUT2D eigenvalue weighted by molar-refractivity contribution is 8.00. The van der Waals surface area contributed by atoms with Gasteiger partial charge in [-0.05, 0) is 48.4 Å². The number of aryl methyl sites for hydroxylation is 1. The van der Waals surface area contributed by atoms with Crippen LogP contribution in [-0.2, 0) is 0 Å². The number of ketones is 1. The van der Waals surface area contributed by atoms with Crippen LogP contribution in [0.4, 0.5) is 0 Å². The van der Waals surface area contributed by atoms with Gasteiger partial charge in [0.25, 0.3) is 0 Å². The van der Waals surface area contributed by atoms with Crippen LogP contribution in [-0.4, -0.2) is 33.0 Å². The Balaban J connectivity index is 1.59. The lowest BCUT2D eigenvalue weighted by atomic mass is 9.85. The Labute approximate surface area is 183 Å². The maximum Gasteiger partial charge on any atom is 0.171 e. The zero-order valence-corrected chi connectivity index (χ0v) is 18.5. The second-order valence-corrected chi connectivity index (χ2v) is 9.34. The number of quaternary nitrogens is 1. The number of nitrogens with one attached hydrogen (secondary N) is 1. The largest absolute Gasteiger partial charge is 0.488 e. The molecule has 0 aliphatic carbocycles. The summed E-state index contributed by atoms with van der Waals surface area (Å²) in [5.74, 6) is 0.796. The van der Waals surface area contributed by atoms with Crippen LogP contribution in [0.15, 0.2) is 77.7 Å². The number of Topliss-reactive ketones (excluding diaryl/α,β-unsaturated/α-hetero) is 1. The van der Waals surface area contributed by atoms with Crippen molar-refractivity contribution < 1.29 is 14.4 Å². The molecule has 4 heteroatoms. The van der Waals surface area contributed by atoms with Gasteiger partial charge >= 0.3 is 0 Å². The van der Waals surface area contributed by atoms with Crippen LogP contribution in [0, 0.1) is 6.92 Å². The van der Waals surface area contributed by atoms with E-state index in [0.29, 0.717) is 6.61 Å². The van der Waals surface area contributed by atoms with Crippen molar-refractivity contribution in [1.82, 2.24) is 0 Å². The van der Waals surface area contributed by atoms with Crippen LogP contribution >= 0.6 is 11.8 Å². The molecule has 1 aliphatic rings. The smallest absolute Gasteiger partial charge is 0.171 e. The van der Waals surface area contributed by atoms with Crippen molar-refractivity contribution in [2.75, 3.05) is 27.2 Å². The van der Waals surface area contributed by atoms with E-state index >= 15 is 0 Å². The first-order chi connectivity index (χ1) is 14.5. The number of fused-ring (bicyclic) bond motifs is 1. The Hall–Kier alpha value is -2.56. The molecule has 1 N–H and O–H groups in total. The van der Waals surface area contributed by atoms with Gasteiger partial charge in [0.15, 0.2) is 5.78 Å². The molecule has 0 spiro atoms. The summed E-state index contributed by atoms with van der Waals surface area (Å²) in [7, 11) is 4.21. The molecule has 0 aromatic heterocycles. The molecule has 2 unspecified atom stereocenters. The van der Waals surface area contributed by atoms with Crippen LogP contribution in [0.5, 0.6) is 5.75 Å². The molecule has 1 aliphatic heterocycles. The van der Waals surface area contributed by atoms with E-state index in [1.807, 2.05) is 36.4 Å². The SMILES string of the molecule is Cc1ccc(C2Sc3ccccc3C2C(=O)c2ccc(OCC[NH+](C)C)cc2)cc1. The lowest BCUT2D eigenvalue weighted by Gasteiger charge is -2.19. The number of benzene rings is 3.